The smallest absolute Gasteiger partial charge is 0.164 e. The van der Waals surface area contributed by atoms with Crippen molar-refractivity contribution in [3.8, 4) is 5.75 Å². The van der Waals surface area contributed by atoms with Crippen molar-refractivity contribution in [2.45, 2.75) is 25.6 Å². The standard InChI is InChI=1S/C19H21NO2/c1-4-19(21)14(2)17-12-16(22-3)10-11-18(17)20(19)13-15-8-6-5-7-9-15/h5-12,21H,2,4,13H2,1,3H3. The van der Waals surface area contributed by atoms with Crippen molar-refractivity contribution in [3.63, 3.8) is 0 Å². The number of rotatable bonds is 4. The second-order valence-corrected chi connectivity index (χ2v) is 5.60. The van der Waals surface area contributed by atoms with Crippen LogP contribution in [0.3, 0.4) is 0 Å². The normalized spacial score (nSPS) is 20.1. The van der Waals surface area contributed by atoms with E-state index in [1.807, 2.05) is 48.2 Å². The van der Waals surface area contributed by atoms with Gasteiger partial charge in [0.05, 0.1) is 7.11 Å². The largest absolute Gasteiger partial charge is 0.497 e. The van der Waals surface area contributed by atoms with Gasteiger partial charge in [0.2, 0.25) is 0 Å². The SMILES string of the molecule is C=C1c2cc(OC)ccc2N(Cc2ccccc2)C1(O)CC. The Hall–Kier alpha value is -2.26. The average molecular weight is 295 g/mol. The Kier molecular flexibility index (Phi) is 3.67. The topological polar surface area (TPSA) is 32.7 Å². The molecule has 0 fully saturated rings. The van der Waals surface area contributed by atoms with E-state index in [4.69, 9.17) is 4.74 Å². The number of anilines is 1. The van der Waals surface area contributed by atoms with E-state index in [0.29, 0.717) is 13.0 Å². The fraction of sp³-hybridized carbons (Fsp3) is 0.263. The van der Waals surface area contributed by atoms with Crippen molar-refractivity contribution in [1.82, 2.24) is 0 Å². The van der Waals surface area contributed by atoms with Gasteiger partial charge in [-0.3, -0.25) is 0 Å². The molecule has 3 rings (SSSR count). The number of aliphatic hydroxyl groups is 1. The highest BCUT2D eigenvalue weighted by Crippen LogP contribution is 2.48. The third-order valence-corrected chi connectivity index (χ3v) is 4.43. The second kappa shape index (κ2) is 5.50. The van der Waals surface area contributed by atoms with Crippen molar-refractivity contribution in [2.75, 3.05) is 12.0 Å². The monoisotopic (exact) mass is 295 g/mol. The van der Waals surface area contributed by atoms with Crippen molar-refractivity contribution in [2.24, 2.45) is 0 Å². The molecule has 0 amide bonds. The zero-order valence-electron chi connectivity index (χ0n) is 13.0. The van der Waals surface area contributed by atoms with Gasteiger partial charge in [0.15, 0.2) is 5.72 Å². The van der Waals surface area contributed by atoms with Crippen LogP contribution in [0.25, 0.3) is 5.57 Å². The van der Waals surface area contributed by atoms with E-state index in [1.165, 1.54) is 0 Å². The highest BCUT2D eigenvalue weighted by atomic mass is 16.5. The molecule has 0 radical (unpaired) electrons. The van der Waals surface area contributed by atoms with Gasteiger partial charge < -0.3 is 14.7 Å². The molecule has 114 valence electrons. The fourth-order valence-electron chi connectivity index (χ4n) is 3.08. The number of benzene rings is 2. The van der Waals surface area contributed by atoms with Gasteiger partial charge in [-0.05, 0) is 30.2 Å². The summed E-state index contributed by atoms with van der Waals surface area (Å²) in [6, 6.07) is 16.0. The molecule has 0 bridgehead atoms. The fourth-order valence-corrected chi connectivity index (χ4v) is 3.08. The molecule has 0 aromatic heterocycles. The summed E-state index contributed by atoms with van der Waals surface area (Å²) in [5.74, 6) is 0.778. The first-order chi connectivity index (χ1) is 10.6. The van der Waals surface area contributed by atoms with Gasteiger partial charge in [-0.15, -0.1) is 0 Å². The number of hydrogen-bond donors (Lipinski definition) is 1. The minimum atomic E-state index is -1.05. The van der Waals surface area contributed by atoms with E-state index in [9.17, 15) is 5.11 Å². The maximum absolute atomic E-state index is 11.2. The lowest BCUT2D eigenvalue weighted by molar-refractivity contribution is 0.0965. The predicted octanol–water partition coefficient (Wildman–Crippen LogP) is 3.83. The zero-order chi connectivity index (χ0) is 15.7. The summed E-state index contributed by atoms with van der Waals surface area (Å²) < 4.78 is 5.30. The summed E-state index contributed by atoms with van der Waals surface area (Å²) in [5.41, 5.74) is 2.80. The van der Waals surface area contributed by atoms with E-state index in [-0.39, 0.29) is 0 Å². The minimum Gasteiger partial charge on any atom is -0.497 e. The van der Waals surface area contributed by atoms with Gasteiger partial charge in [-0.1, -0.05) is 43.8 Å². The molecular weight excluding hydrogens is 274 g/mol. The molecule has 0 saturated carbocycles. The Bertz CT molecular complexity index is 696. The zero-order valence-corrected chi connectivity index (χ0v) is 13.0. The van der Waals surface area contributed by atoms with Gasteiger partial charge in [0.25, 0.3) is 0 Å². The van der Waals surface area contributed by atoms with Crippen LogP contribution in [0.15, 0.2) is 55.1 Å². The third-order valence-electron chi connectivity index (χ3n) is 4.43. The Morgan fingerprint density at radius 1 is 1.18 bits per heavy atom. The molecule has 2 aromatic rings. The molecule has 3 nitrogen and oxygen atoms in total. The summed E-state index contributed by atoms with van der Waals surface area (Å²) in [7, 11) is 1.65. The summed E-state index contributed by atoms with van der Waals surface area (Å²) >= 11 is 0. The Balaban J connectivity index is 2.06. The number of fused-ring (bicyclic) bond motifs is 1. The quantitative estimate of drug-likeness (QED) is 0.930. The molecule has 22 heavy (non-hydrogen) atoms. The van der Waals surface area contributed by atoms with Crippen molar-refractivity contribution < 1.29 is 9.84 Å². The first kappa shape index (κ1) is 14.7. The van der Waals surface area contributed by atoms with E-state index < -0.39 is 5.72 Å². The Morgan fingerprint density at radius 2 is 1.91 bits per heavy atom. The number of ether oxygens (including phenoxy) is 1. The van der Waals surface area contributed by atoms with Gasteiger partial charge in [0.1, 0.15) is 5.75 Å². The van der Waals surface area contributed by atoms with Crippen LogP contribution < -0.4 is 9.64 Å². The van der Waals surface area contributed by atoms with E-state index in [2.05, 4.69) is 18.7 Å². The molecule has 0 saturated heterocycles. The molecule has 1 unspecified atom stereocenters. The Morgan fingerprint density at radius 3 is 2.55 bits per heavy atom. The summed E-state index contributed by atoms with van der Waals surface area (Å²) in [4.78, 5) is 2.03. The maximum Gasteiger partial charge on any atom is 0.164 e. The van der Waals surface area contributed by atoms with Crippen LogP contribution in [0.1, 0.15) is 24.5 Å². The summed E-state index contributed by atoms with van der Waals surface area (Å²) in [6.45, 7) is 6.76. The maximum atomic E-state index is 11.2. The van der Waals surface area contributed by atoms with Gasteiger partial charge >= 0.3 is 0 Å². The highest BCUT2D eigenvalue weighted by molar-refractivity contribution is 5.89. The predicted molar refractivity (Wildman–Crippen MR) is 89.9 cm³/mol. The molecule has 1 heterocycles. The second-order valence-electron chi connectivity index (χ2n) is 5.60. The Labute approximate surface area is 131 Å². The van der Waals surface area contributed by atoms with Crippen LogP contribution in [0, 0.1) is 0 Å². The average Bonchev–Trinajstić information content (AvgIpc) is 2.78. The van der Waals surface area contributed by atoms with Crippen LogP contribution in [0.4, 0.5) is 5.69 Å². The molecular formula is C19H21NO2. The number of methoxy groups -OCH3 is 1. The van der Waals surface area contributed by atoms with Gasteiger partial charge in [0, 0.05) is 23.4 Å². The van der Waals surface area contributed by atoms with Crippen LogP contribution >= 0.6 is 0 Å². The molecule has 1 aliphatic heterocycles. The van der Waals surface area contributed by atoms with E-state index in [0.717, 1.165) is 28.1 Å². The molecule has 1 aliphatic rings. The summed E-state index contributed by atoms with van der Waals surface area (Å²) in [6.07, 6.45) is 0.579. The highest BCUT2D eigenvalue weighted by Gasteiger charge is 2.44. The van der Waals surface area contributed by atoms with Gasteiger partial charge in [-0.25, -0.2) is 0 Å². The number of nitrogens with zero attached hydrogens (tertiary/aromatic N) is 1. The van der Waals surface area contributed by atoms with Crippen LogP contribution in [-0.4, -0.2) is 17.9 Å². The first-order valence-electron chi connectivity index (χ1n) is 7.52. The van der Waals surface area contributed by atoms with Gasteiger partial charge in [-0.2, -0.15) is 0 Å². The third kappa shape index (κ3) is 2.18. The first-order valence-corrected chi connectivity index (χ1v) is 7.52. The van der Waals surface area contributed by atoms with Crippen molar-refractivity contribution >= 4 is 11.3 Å². The molecule has 2 aromatic carbocycles. The van der Waals surface area contributed by atoms with E-state index in [1.54, 1.807) is 7.11 Å². The van der Waals surface area contributed by atoms with Crippen molar-refractivity contribution in [3.05, 3.63) is 66.2 Å². The van der Waals surface area contributed by atoms with Crippen LogP contribution in [0.2, 0.25) is 0 Å². The molecule has 3 heteroatoms. The lowest BCUT2D eigenvalue weighted by atomic mass is 9.98. The number of hydrogen-bond acceptors (Lipinski definition) is 3. The summed E-state index contributed by atoms with van der Waals surface area (Å²) in [5, 5.41) is 11.2. The van der Waals surface area contributed by atoms with Crippen LogP contribution in [0.5, 0.6) is 5.75 Å². The molecule has 0 aliphatic carbocycles. The lowest BCUT2D eigenvalue weighted by Crippen LogP contribution is -2.44. The van der Waals surface area contributed by atoms with E-state index >= 15 is 0 Å². The molecule has 1 atom stereocenters. The minimum absolute atomic E-state index is 0.579. The molecule has 1 N–H and O–H groups in total. The molecule has 0 spiro atoms. The van der Waals surface area contributed by atoms with Crippen molar-refractivity contribution in [1.29, 1.82) is 0 Å². The van der Waals surface area contributed by atoms with Crippen LogP contribution in [-0.2, 0) is 6.54 Å². The lowest BCUT2D eigenvalue weighted by Gasteiger charge is -2.35.